The monoisotopic (exact) mass is 313 g/mol. The fraction of sp³-hybridized carbons (Fsp3) is 0.765. The van der Waals surface area contributed by atoms with E-state index in [0.29, 0.717) is 19.2 Å². The van der Waals surface area contributed by atoms with Crippen molar-refractivity contribution in [2.75, 3.05) is 19.8 Å². The predicted molar refractivity (Wildman–Crippen MR) is 90.9 cm³/mol. The molecule has 1 rings (SSSR count). The Labute approximate surface area is 133 Å². The van der Waals surface area contributed by atoms with Gasteiger partial charge in [-0.15, -0.1) is 11.3 Å². The Hall–Kier alpha value is -0.420. The number of hydrogen-bond donors (Lipinski definition) is 2. The summed E-state index contributed by atoms with van der Waals surface area (Å²) in [6.45, 7) is 8.39. The molecule has 2 N–H and O–H groups in total. The van der Waals surface area contributed by atoms with E-state index in [0.717, 1.165) is 31.8 Å². The third-order valence-electron chi connectivity index (χ3n) is 3.44. The van der Waals surface area contributed by atoms with Crippen molar-refractivity contribution >= 4 is 11.3 Å². The van der Waals surface area contributed by atoms with E-state index in [4.69, 9.17) is 4.74 Å². The number of hydrogen-bond acceptors (Lipinski definition) is 4. The topological polar surface area (TPSA) is 41.5 Å². The van der Waals surface area contributed by atoms with Crippen LogP contribution in [0.5, 0.6) is 0 Å². The lowest BCUT2D eigenvalue weighted by Gasteiger charge is -2.19. The van der Waals surface area contributed by atoms with Gasteiger partial charge in [-0.2, -0.15) is 0 Å². The molecule has 1 aromatic rings. The van der Waals surface area contributed by atoms with Crippen molar-refractivity contribution in [1.29, 1.82) is 0 Å². The van der Waals surface area contributed by atoms with E-state index in [2.05, 4.69) is 43.6 Å². The molecule has 21 heavy (non-hydrogen) atoms. The van der Waals surface area contributed by atoms with Crippen molar-refractivity contribution < 1.29 is 9.84 Å². The van der Waals surface area contributed by atoms with Gasteiger partial charge in [-0.3, -0.25) is 0 Å². The van der Waals surface area contributed by atoms with E-state index in [1.807, 2.05) is 0 Å². The lowest BCUT2D eigenvalue weighted by atomic mass is 10.1. The summed E-state index contributed by atoms with van der Waals surface area (Å²) in [6, 6.07) is 4.59. The quantitative estimate of drug-likeness (QED) is 0.573. The molecule has 3 nitrogen and oxygen atoms in total. The minimum absolute atomic E-state index is 0.352. The van der Waals surface area contributed by atoms with E-state index in [-0.39, 0.29) is 0 Å². The molecule has 2 atom stereocenters. The zero-order chi connectivity index (χ0) is 15.5. The number of aliphatic hydroxyl groups is 1. The predicted octanol–water partition coefficient (Wildman–Crippen LogP) is 3.99. The molecule has 0 amide bonds. The highest BCUT2D eigenvalue weighted by molar-refractivity contribution is 7.10. The van der Waals surface area contributed by atoms with Crippen LogP contribution in [0, 0.1) is 5.92 Å². The Bertz CT molecular complexity index is 341. The molecule has 0 aliphatic carbocycles. The van der Waals surface area contributed by atoms with Crippen LogP contribution in [0.3, 0.4) is 0 Å². The van der Waals surface area contributed by atoms with Crippen molar-refractivity contribution in [3.05, 3.63) is 22.4 Å². The third-order valence-corrected chi connectivity index (χ3v) is 4.43. The van der Waals surface area contributed by atoms with Crippen LogP contribution in [-0.4, -0.2) is 31.0 Å². The average Bonchev–Trinajstić information content (AvgIpc) is 2.96. The van der Waals surface area contributed by atoms with E-state index in [9.17, 15) is 5.11 Å². The Morgan fingerprint density at radius 1 is 1.33 bits per heavy atom. The molecule has 0 radical (unpaired) electrons. The smallest absolute Gasteiger partial charge is 0.0897 e. The highest BCUT2D eigenvalue weighted by atomic mass is 32.1. The summed E-state index contributed by atoms with van der Waals surface area (Å²) in [4.78, 5) is 1.35. The minimum Gasteiger partial charge on any atom is -0.389 e. The van der Waals surface area contributed by atoms with Gasteiger partial charge in [-0.05, 0) is 36.6 Å². The van der Waals surface area contributed by atoms with Gasteiger partial charge in [-0.25, -0.2) is 0 Å². The van der Waals surface area contributed by atoms with Crippen LogP contribution in [0.2, 0.25) is 0 Å². The van der Waals surface area contributed by atoms with Gasteiger partial charge in [0.2, 0.25) is 0 Å². The number of ether oxygens (including phenoxy) is 1. The molecule has 0 aliphatic heterocycles. The molecule has 0 saturated heterocycles. The highest BCUT2D eigenvalue weighted by Crippen LogP contribution is 2.22. The maximum absolute atomic E-state index is 9.99. The second kappa shape index (κ2) is 11.2. The van der Waals surface area contributed by atoms with Crippen LogP contribution < -0.4 is 5.32 Å². The van der Waals surface area contributed by atoms with Crippen molar-refractivity contribution in [1.82, 2.24) is 5.32 Å². The van der Waals surface area contributed by atoms with Crippen LogP contribution in [0.4, 0.5) is 0 Å². The van der Waals surface area contributed by atoms with Crippen LogP contribution in [0.25, 0.3) is 0 Å². The zero-order valence-electron chi connectivity index (χ0n) is 13.7. The molecule has 0 spiro atoms. The van der Waals surface area contributed by atoms with E-state index in [1.165, 1.54) is 11.3 Å². The summed E-state index contributed by atoms with van der Waals surface area (Å²) in [5.41, 5.74) is 0. The minimum atomic E-state index is -0.427. The van der Waals surface area contributed by atoms with Gasteiger partial charge < -0.3 is 15.2 Å². The molecule has 1 heterocycles. The Morgan fingerprint density at radius 3 is 2.76 bits per heavy atom. The summed E-state index contributed by atoms with van der Waals surface area (Å²) in [5, 5.41) is 15.6. The zero-order valence-corrected chi connectivity index (χ0v) is 14.5. The standard InChI is InChI=1S/C17H31NO2S/c1-4-7-16(17-9-6-11-21-17)18-12-15(19)13-20-10-5-8-14(2)3/h6,9,11,14-16,18-19H,4-5,7-8,10,12-13H2,1-3H3. The molecule has 0 bridgehead atoms. The molecule has 0 fully saturated rings. The Morgan fingerprint density at radius 2 is 2.14 bits per heavy atom. The summed E-state index contributed by atoms with van der Waals surface area (Å²) < 4.78 is 5.54. The summed E-state index contributed by atoms with van der Waals surface area (Å²) in [5.74, 6) is 0.723. The average molecular weight is 314 g/mol. The van der Waals surface area contributed by atoms with Crippen molar-refractivity contribution in [2.45, 2.75) is 58.6 Å². The largest absolute Gasteiger partial charge is 0.389 e. The van der Waals surface area contributed by atoms with Gasteiger partial charge >= 0.3 is 0 Å². The summed E-state index contributed by atoms with van der Waals surface area (Å²) >= 11 is 1.77. The van der Waals surface area contributed by atoms with Crippen molar-refractivity contribution in [2.24, 2.45) is 5.92 Å². The molecular weight excluding hydrogens is 282 g/mol. The number of rotatable bonds is 12. The van der Waals surface area contributed by atoms with Crippen LogP contribution in [0.1, 0.15) is 57.4 Å². The highest BCUT2D eigenvalue weighted by Gasteiger charge is 2.13. The van der Waals surface area contributed by atoms with Crippen LogP contribution >= 0.6 is 11.3 Å². The number of thiophene rings is 1. The maximum Gasteiger partial charge on any atom is 0.0897 e. The fourth-order valence-corrected chi connectivity index (χ4v) is 3.11. The molecule has 1 aromatic heterocycles. The summed E-state index contributed by atoms with van der Waals surface area (Å²) in [7, 11) is 0. The van der Waals surface area contributed by atoms with E-state index in [1.54, 1.807) is 11.3 Å². The number of nitrogens with one attached hydrogen (secondary N) is 1. The SMILES string of the molecule is CCCC(NCC(O)COCCCC(C)C)c1cccs1. The van der Waals surface area contributed by atoms with Gasteiger partial charge in [0, 0.05) is 24.1 Å². The third kappa shape index (κ3) is 8.57. The first-order valence-corrected chi connectivity index (χ1v) is 9.04. The second-order valence-electron chi connectivity index (χ2n) is 6.03. The van der Waals surface area contributed by atoms with Crippen molar-refractivity contribution in [3.63, 3.8) is 0 Å². The first-order valence-electron chi connectivity index (χ1n) is 8.16. The Kier molecular flexibility index (Phi) is 9.92. The van der Waals surface area contributed by atoms with Crippen LogP contribution in [0.15, 0.2) is 17.5 Å². The molecular formula is C17H31NO2S. The van der Waals surface area contributed by atoms with Gasteiger partial charge in [0.05, 0.1) is 12.7 Å². The molecule has 0 aliphatic rings. The van der Waals surface area contributed by atoms with Gasteiger partial charge in [0.25, 0.3) is 0 Å². The van der Waals surface area contributed by atoms with Gasteiger partial charge in [0.15, 0.2) is 0 Å². The normalized spacial score (nSPS) is 14.5. The van der Waals surface area contributed by atoms with E-state index < -0.39 is 6.10 Å². The van der Waals surface area contributed by atoms with Gasteiger partial charge in [-0.1, -0.05) is 33.3 Å². The molecule has 4 heteroatoms. The molecule has 0 saturated carbocycles. The molecule has 122 valence electrons. The van der Waals surface area contributed by atoms with E-state index >= 15 is 0 Å². The molecule has 2 unspecified atom stereocenters. The first-order chi connectivity index (χ1) is 10.1. The lowest BCUT2D eigenvalue weighted by molar-refractivity contribution is 0.0333. The maximum atomic E-state index is 9.99. The van der Waals surface area contributed by atoms with Gasteiger partial charge in [0.1, 0.15) is 0 Å². The number of aliphatic hydroxyl groups excluding tert-OH is 1. The second-order valence-corrected chi connectivity index (χ2v) is 7.01. The van der Waals surface area contributed by atoms with Crippen molar-refractivity contribution in [3.8, 4) is 0 Å². The fourth-order valence-electron chi connectivity index (χ4n) is 2.27. The molecule has 0 aromatic carbocycles. The first kappa shape index (κ1) is 18.6. The van der Waals surface area contributed by atoms with Crippen LogP contribution in [-0.2, 0) is 4.74 Å². The Balaban J connectivity index is 2.16. The summed E-state index contributed by atoms with van der Waals surface area (Å²) in [6.07, 6.45) is 4.07. The lowest BCUT2D eigenvalue weighted by Crippen LogP contribution is -2.33.